The van der Waals surface area contributed by atoms with E-state index in [0.717, 1.165) is 37.2 Å². The number of hydrogen-bond donors (Lipinski definition) is 2. The van der Waals surface area contributed by atoms with Crippen LogP contribution >= 0.6 is 11.6 Å². The molecule has 1 aliphatic rings. The molecule has 2 aromatic rings. The van der Waals surface area contributed by atoms with Gasteiger partial charge in [-0.3, -0.25) is 9.89 Å². The number of nitrogens with one attached hydrogen (secondary N) is 2. The van der Waals surface area contributed by atoms with Crippen molar-refractivity contribution in [2.45, 2.75) is 45.6 Å². The number of H-pyrrole nitrogens is 1. The topological polar surface area (TPSA) is 67.0 Å². The SMILES string of the molecule is CCOc1ccc(-c2[nH]ncc2C(=O)NC2CCC(C)CC2)cc1Cl. The van der Waals surface area contributed by atoms with Gasteiger partial charge in [0.05, 0.1) is 29.1 Å². The zero-order valence-electron chi connectivity index (χ0n) is 14.6. The third-order valence-corrected chi connectivity index (χ3v) is 5.05. The van der Waals surface area contributed by atoms with Gasteiger partial charge in [0.2, 0.25) is 0 Å². The highest BCUT2D eigenvalue weighted by Gasteiger charge is 2.22. The molecular formula is C19H24ClN3O2. The lowest BCUT2D eigenvalue weighted by molar-refractivity contribution is 0.0923. The molecule has 5 nitrogen and oxygen atoms in total. The number of carbonyl (C=O) groups excluding carboxylic acids is 1. The van der Waals surface area contributed by atoms with Crippen molar-refractivity contribution >= 4 is 17.5 Å². The van der Waals surface area contributed by atoms with Gasteiger partial charge < -0.3 is 10.1 Å². The zero-order valence-corrected chi connectivity index (χ0v) is 15.4. The second kappa shape index (κ2) is 7.91. The van der Waals surface area contributed by atoms with Crippen LogP contribution in [0.1, 0.15) is 49.9 Å². The highest BCUT2D eigenvalue weighted by atomic mass is 35.5. The summed E-state index contributed by atoms with van der Waals surface area (Å²) in [5, 5.41) is 10.6. The Balaban J connectivity index is 1.76. The van der Waals surface area contributed by atoms with E-state index in [4.69, 9.17) is 16.3 Å². The summed E-state index contributed by atoms with van der Waals surface area (Å²) < 4.78 is 5.46. The number of ether oxygens (including phenoxy) is 1. The molecule has 1 heterocycles. The Bertz CT molecular complexity index is 736. The predicted molar refractivity (Wildman–Crippen MR) is 99.1 cm³/mol. The van der Waals surface area contributed by atoms with E-state index in [9.17, 15) is 4.79 Å². The van der Waals surface area contributed by atoms with Gasteiger partial charge in [0.15, 0.2) is 0 Å². The summed E-state index contributed by atoms with van der Waals surface area (Å²) in [5.74, 6) is 1.30. The van der Waals surface area contributed by atoms with Crippen molar-refractivity contribution in [3.8, 4) is 17.0 Å². The lowest BCUT2D eigenvalue weighted by Gasteiger charge is -2.26. The van der Waals surface area contributed by atoms with Crippen molar-refractivity contribution in [2.75, 3.05) is 6.61 Å². The molecule has 6 heteroatoms. The molecule has 0 radical (unpaired) electrons. The third-order valence-electron chi connectivity index (χ3n) is 4.76. The number of nitrogens with zero attached hydrogens (tertiary/aromatic N) is 1. The average molecular weight is 362 g/mol. The smallest absolute Gasteiger partial charge is 0.255 e. The zero-order chi connectivity index (χ0) is 17.8. The Hall–Kier alpha value is -2.01. The largest absolute Gasteiger partial charge is 0.492 e. The normalized spacial score (nSPS) is 20.3. The lowest BCUT2D eigenvalue weighted by atomic mass is 9.87. The molecule has 0 unspecified atom stereocenters. The van der Waals surface area contributed by atoms with Gasteiger partial charge in [-0.2, -0.15) is 5.10 Å². The average Bonchev–Trinajstić information content (AvgIpc) is 3.09. The van der Waals surface area contributed by atoms with Crippen LogP contribution < -0.4 is 10.1 Å². The maximum Gasteiger partial charge on any atom is 0.255 e. The number of aromatic nitrogens is 2. The summed E-state index contributed by atoms with van der Waals surface area (Å²) in [6.45, 7) is 4.73. The fraction of sp³-hybridized carbons (Fsp3) is 0.474. The second-order valence-corrected chi connectivity index (χ2v) is 7.07. The molecular weight excluding hydrogens is 338 g/mol. The number of amides is 1. The summed E-state index contributed by atoms with van der Waals surface area (Å²) in [6.07, 6.45) is 5.97. The molecule has 1 saturated carbocycles. The van der Waals surface area contributed by atoms with E-state index >= 15 is 0 Å². The first-order valence-electron chi connectivity index (χ1n) is 8.85. The standard InChI is InChI=1S/C19H24ClN3O2/c1-3-25-17-9-6-13(10-16(17)20)18-15(11-21-23-18)19(24)22-14-7-4-12(2)5-8-14/h6,9-12,14H,3-5,7-8H2,1-2H3,(H,21,23)(H,22,24). The molecule has 2 N–H and O–H groups in total. The predicted octanol–water partition coefficient (Wildman–Crippen LogP) is 4.44. The Morgan fingerprint density at radius 1 is 1.36 bits per heavy atom. The Morgan fingerprint density at radius 3 is 2.80 bits per heavy atom. The van der Waals surface area contributed by atoms with E-state index in [1.54, 1.807) is 12.3 Å². The van der Waals surface area contributed by atoms with Crippen LogP contribution in [0, 0.1) is 5.92 Å². The van der Waals surface area contributed by atoms with Gasteiger partial charge in [-0.25, -0.2) is 0 Å². The van der Waals surface area contributed by atoms with Gasteiger partial charge in [-0.1, -0.05) is 18.5 Å². The van der Waals surface area contributed by atoms with E-state index < -0.39 is 0 Å². The molecule has 0 saturated heterocycles. The first-order chi connectivity index (χ1) is 12.1. The van der Waals surface area contributed by atoms with Crippen molar-refractivity contribution < 1.29 is 9.53 Å². The maximum atomic E-state index is 12.7. The quantitative estimate of drug-likeness (QED) is 0.827. The van der Waals surface area contributed by atoms with Gasteiger partial charge in [-0.15, -0.1) is 0 Å². The molecule has 0 aliphatic heterocycles. The lowest BCUT2D eigenvalue weighted by Crippen LogP contribution is -2.37. The van der Waals surface area contributed by atoms with E-state index in [2.05, 4.69) is 22.4 Å². The van der Waals surface area contributed by atoms with E-state index in [1.165, 1.54) is 0 Å². The monoisotopic (exact) mass is 361 g/mol. The molecule has 134 valence electrons. The number of benzene rings is 1. The van der Waals surface area contributed by atoms with E-state index in [0.29, 0.717) is 28.6 Å². The second-order valence-electron chi connectivity index (χ2n) is 6.67. The van der Waals surface area contributed by atoms with Gasteiger partial charge in [-0.05, 0) is 56.7 Å². The molecule has 1 amide bonds. The van der Waals surface area contributed by atoms with Gasteiger partial charge >= 0.3 is 0 Å². The Morgan fingerprint density at radius 2 is 2.12 bits per heavy atom. The van der Waals surface area contributed by atoms with Crippen molar-refractivity contribution in [2.24, 2.45) is 5.92 Å². The van der Waals surface area contributed by atoms with Gasteiger partial charge in [0, 0.05) is 11.6 Å². The molecule has 0 atom stereocenters. The molecule has 3 rings (SSSR count). The van der Waals surface area contributed by atoms with Crippen LogP contribution in [0.15, 0.2) is 24.4 Å². The van der Waals surface area contributed by atoms with Crippen LogP contribution in [0.25, 0.3) is 11.3 Å². The minimum atomic E-state index is -0.0895. The molecule has 1 aromatic carbocycles. The van der Waals surface area contributed by atoms with E-state index in [1.807, 2.05) is 19.1 Å². The summed E-state index contributed by atoms with van der Waals surface area (Å²) in [5.41, 5.74) is 2.03. The first kappa shape index (κ1) is 17.8. The highest BCUT2D eigenvalue weighted by molar-refractivity contribution is 6.32. The number of rotatable bonds is 5. The van der Waals surface area contributed by atoms with Crippen molar-refractivity contribution in [1.29, 1.82) is 0 Å². The number of carbonyl (C=O) groups is 1. The number of halogens is 1. The van der Waals surface area contributed by atoms with Gasteiger partial charge in [0.1, 0.15) is 5.75 Å². The minimum absolute atomic E-state index is 0.0895. The third kappa shape index (κ3) is 4.15. The Kier molecular flexibility index (Phi) is 5.63. The van der Waals surface area contributed by atoms with Crippen molar-refractivity contribution in [1.82, 2.24) is 15.5 Å². The fourth-order valence-corrected chi connectivity index (χ4v) is 3.51. The molecule has 0 bridgehead atoms. The molecule has 1 aliphatic carbocycles. The summed E-state index contributed by atoms with van der Waals surface area (Å²) in [4.78, 5) is 12.7. The van der Waals surface area contributed by atoms with Crippen LogP contribution in [0.2, 0.25) is 5.02 Å². The van der Waals surface area contributed by atoms with Crippen molar-refractivity contribution in [3.05, 3.63) is 35.0 Å². The van der Waals surface area contributed by atoms with Crippen LogP contribution in [-0.2, 0) is 0 Å². The van der Waals surface area contributed by atoms with Crippen LogP contribution in [0.5, 0.6) is 5.75 Å². The number of hydrogen-bond acceptors (Lipinski definition) is 3. The minimum Gasteiger partial charge on any atom is -0.492 e. The summed E-state index contributed by atoms with van der Waals surface area (Å²) >= 11 is 6.27. The summed E-state index contributed by atoms with van der Waals surface area (Å²) in [7, 11) is 0. The van der Waals surface area contributed by atoms with Crippen LogP contribution in [-0.4, -0.2) is 28.8 Å². The maximum absolute atomic E-state index is 12.7. The van der Waals surface area contributed by atoms with E-state index in [-0.39, 0.29) is 11.9 Å². The first-order valence-corrected chi connectivity index (χ1v) is 9.23. The fourth-order valence-electron chi connectivity index (χ4n) is 3.27. The van der Waals surface area contributed by atoms with Crippen LogP contribution in [0.4, 0.5) is 0 Å². The molecule has 25 heavy (non-hydrogen) atoms. The molecule has 1 aromatic heterocycles. The highest BCUT2D eigenvalue weighted by Crippen LogP contribution is 2.31. The number of aromatic amines is 1. The molecule has 1 fully saturated rings. The summed E-state index contributed by atoms with van der Waals surface area (Å²) in [6, 6.07) is 5.73. The van der Waals surface area contributed by atoms with Crippen molar-refractivity contribution in [3.63, 3.8) is 0 Å². The van der Waals surface area contributed by atoms with Gasteiger partial charge in [0.25, 0.3) is 5.91 Å². The molecule has 0 spiro atoms. The van der Waals surface area contributed by atoms with Crippen LogP contribution in [0.3, 0.4) is 0 Å². The Labute approximate surface area is 153 Å².